The molecule has 15 heavy (non-hydrogen) atoms. The van der Waals surface area contributed by atoms with Crippen LogP contribution in [0.15, 0.2) is 30.3 Å². The first kappa shape index (κ1) is 12.2. The van der Waals surface area contributed by atoms with E-state index in [2.05, 4.69) is 24.3 Å². The molecule has 2 nitrogen and oxygen atoms in total. The van der Waals surface area contributed by atoms with Gasteiger partial charge in [0.15, 0.2) is 0 Å². The highest BCUT2D eigenvalue weighted by molar-refractivity contribution is 5.14. The highest BCUT2D eigenvalue weighted by Gasteiger charge is 2.07. The summed E-state index contributed by atoms with van der Waals surface area (Å²) in [4.78, 5) is 0. The summed E-state index contributed by atoms with van der Waals surface area (Å²) in [6.07, 6.45) is 1.58. The standard InChI is InChI=1S/C13H20O2/c1-11(14)12(2)15-10-6-9-13-7-4-3-5-8-13/h3-5,7-8,11-12,14H,6,9-10H2,1-2H3/t11-,12-/m1/s1. The fourth-order valence-electron chi connectivity index (χ4n) is 1.33. The number of ether oxygens (including phenoxy) is 1. The topological polar surface area (TPSA) is 29.5 Å². The minimum Gasteiger partial charge on any atom is -0.391 e. The molecule has 0 aromatic heterocycles. The van der Waals surface area contributed by atoms with Crippen LogP contribution in [0.25, 0.3) is 0 Å². The number of aliphatic hydroxyl groups excluding tert-OH is 1. The summed E-state index contributed by atoms with van der Waals surface area (Å²) >= 11 is 0. The third-order valence-corrected chi connectivity index (χ3v) is 2.51. The van der Waals surface area contributed by atoms with E-state index in [0.717, 1.165) is 12.8 Å². The van der Waals surface area contributed by atoms with Gasteiger partial charge in [0, 0.05) is 6.61 Å². The van der Waals surface area contributed by atoms with Crippen molar-refractivity contribution in [2.45, 2.75) is 38.9 Å². The average molecular weight is 208 g/mol. The molecule has 0 saturated heterocycles. The van der Waals surface area contributed by atoms with Crippen LogP contribution in [-0.4, -0.2) is 23.9 Å². The molecule has 1 aromatic rings. The van der Waals surface area contributed by atoms with E-state index in [4.69, 9.17) is 4.74 Å². The van der Waals surface area contributed by atoms with E-state index >= 15 is 0 Å². The van der Waals surface area contributed by atoms with Crippen molar-refractivity contribution in [3.63, 3.8) is 0 Å². The zero-order valence-corrected chi connectivity index (χ0v) is 9.52. The van der Waals surface area contributed by atoms with Crippen molar-refractivity contribution in [3.05, 3.63) is 35.9 Å². The minimum absolute atomic E-state index is 0.0687. The summed E-state index contributed by atoms with van der Waals surface area (Å²) in [5, 5.41) is 9.21. The van der Waals surface area contributed by atoms with Crippen LogP contribution in [-0.2, 0) is 11.2 Å². The highest BCUT2D eigenvalue weighted by atomic mass is 16.5. The minimum atomic E-state index is -0.387. The zero-order valence-electron chi connectivity index (χ0n) is 9.52. The van der Waals surface area contributed by atoms with Gasteiger partial charge in [0.2, 0.25) is 0 Å². The van der Waals surface area contributed by atoms with Gasteiger partial charge in [-0.1, -0.05) is 30.3 Å². The Morgan fingerprint density at radius 3 is 2.47 bits per heavy atom. The Morgan fingerprint density at radius 1 is 1.20 bits per heavy atom. The molecule has 0 saturated carbocycles. The Balaban J connectivity index is 2.12. The molecule has 2 heteroatoms. The summed E-state index contributed by atoms with van der Waals surface area (Å²) in [7, 11) is 0. The van der Waals surface area contributed by atoms with Crippen LogP contribution in [0, 0.1) is 0 Å². The first-order valence-corrected chi connectivity index (χ1v) is 5.53. The molecule has 0 amide bonds. The van der Waals surface area contributed by atoms with Crippen LogP contribution < -0.4 is 0 Å². The fraction of sp³-hybridized carbons (Fsp3) is 0.538. The van der Waals surface area contributed by atoms with Gasteiger partial charge in [-0.15, -0.1) is 0 Å². The van der Waals surface area contributed by atoms with Crippen LogP contribution in [0.1, 0.15) is 25.8 Å². The smallest absolute Gasteiger partial charge is 0.0803 e. The van der Waals surface area contributed by atoms with Gasteiger partial charge in [-0.3, -0.25) is 0 Å². The number of benzene rings is 1. The zero-order chi connectivity index (χ0) is 11.1. The van der Waals surface area contributed by atoms with Crippen LogP contribution in [0.4, 0.5) is 0 Å². The van der Waals surface area contributed by atoms with Gasteiger partial charge in [0.05, 0.1) is 12.2 Å². The van der Waals surface area contributed by atoms with Gasteiger partial charge < -0.3 is 9.84 Å². The van der Waals surface area contributed by atoms with Crippen LogP contribution in [0.2, 0.25) is 0 Å². The van der Waals surface area contributed by atoms with Gasteiger partial charge >= 0.3 is 0 Å². The molecule has 0 spiro atoms. The maximum absolute atomic E-state index is 9.21. The lowest BCUT2D eigenvalue weighted by Crippen LogP contribution is -2.23. The maximum atomic E-state index is 9.21. The number of aryl methyl sites for hydroxylation is 1. The molecule has 0 unspecified atom stereocenters. The Labute approximate surface area is 91.9 Å². The quantitative estimate of drug-likeness (QED) is 0.727. The molecule has 0 aliphatic heterocycles. The third kappa shape index (κ3) is 4.96. The molecule has 0 aliphatic rings. The van der Waals surface area contributed by atoms with Crippen molar-refractivity contribution in [1.82, 2.24) is 0 Å². The average Bonchev–Trinajstić information content (AvgIpc) is 2.25. The van der Waals surface area contributed by atoms with E-state index in [-0.39, 0.29) is 12.2 Å². The van der Waals surface area contributed by atoms with Crippen molar-refractivity contribution in [1.29, 1.82) is 0 Å². The van der Waals surface area contributed by atoms with E-state index in [0.29, 0.717) is 6.61 Å². The van der Waals surface area contributed by atoms with E-state index in [1.165, 1.54) is 5.56 Å². The summed E-state index contributed by atoms with van der Waals surface area (Å²) in [5.74, 6) is 0. The van der Waals surface area contributed by atoms with Crippen LogP contribution in [0.3, 0.4) is 0 Å². The Bertz CT molecular complexity index is 256. The number of hydrogen-bond acceptors (Lipinski definition) is 2. The van der Waals surface area contributed by atoms with Gasteiger partial charge in [0.1, 0.15) is 0 Å². The molecule has 1 aromatic carbocycles. The van der Waals surface area contributed by atoms with Crippen LogP contribution >= 0.6 is 0 Å². The summed E-state index contributed by atoms with van der Waals surface area (Å²) in [6.45, 7) is 4.36. The largest absolute Gasteiger partial charge is 0.391 e. The second-order valence-corrected chi connectivity index (χ2v) is 3.91. The van der Waals surface area contributed by atoms with Crippen molar-refractivity contribution in [2.75, 3.05) is 6.61 Å². The number of aliphatic hydroxyl groups is 1. The summed E-state index contributed by atoms with van der Waals surface area (Å²) < 4.78 is 5.48. The van der Waals surface area contributed by atoms with Crippen molar-refractivity contribution < 1.29 is 9.84 Å². The Morgan fingerprint density at radius 2 is 1.87 bits per heavy atom. The monoisotopic (exact) mass is 208 g/mol. The van der Waals surface area contributed by atoms with E-state index in [1.807, 2.05) is 13.0 Å². The maximum Gasteiger partial charge on any atom is 0.0803 e. The molecular formula is C13H20O2. The van der Waals surface area contributed by atoms with Crippen molar-refractivity contribution in [3.8, 4) is 0 Å². The molecule has 0 bridgehead atoms. The lowest BCUT2D eigenvalue weighted by molar-refractivity contribution is -0.0187. The van der Waals surface area contributed by atoms with Crippen molar-refractivity contribution >= 4 is 0 Å². The third-order valence-electron chi connectivity index (χ3n) is 2.51. The summed E-state index contributed by atoms with van der Waals surface area (Å²) in [5.41, 5.74) is 1.34. The second-order valence-electron chi connectivity index (χ2n) is 3.91. The molecule has 0 radical (unpaired) electrons. The number of hydrogen-bond donors (Lipinski definition) is 1. The normalized spacial score (nSPS) is 14.9. The molecular weight excluding hydrogens is 188 g/mol. The van der Waals surface area contributed by atoms with Gasteiger partial charge in [-0.05, 0) is 32.3 Å². The van der Waals surface area contributed by atoms with Crippen molar-refractivity contribution in [2.24, 2.45) is 0 Å². The fourth-order valence-corrected chi connectivity index (χ4v) is 1.33. The van der Waals surface area contributed by atoms with E-state index in [1.54, 1.807) is 6.92 Å². The molecule has 0 aliphatic carbocycles. The highest BCUT2D eigenvalue weighted by Crippen LogP contribution is 2.04. The predicted molar refractivity (Wildman–Crippen MR) is 61.9 cm³/mol. The van der Waals surface area contributed by atoms with E-state index in [9.17, 15) is 5.11 Å². The molecule has 0 heterocycles. The van der Waals surface area contributed by atoms with E-state index < -0.39 is 0 Å². The second kappa shape index (κ2) is 6.59. The van der Waals surface area contributed by atoms with Gasteiger partial charge in [-0.2, -0.15) is 0 Å². The molecule has 84 valence electrons. The van der Waals surface area contributed by atoms with Gasteiger partial charge in [0.25, 0.3) is 0 Å². The molecule has 1 rings (SSSR count). The van der Waals surface area contributed by atoms with Crippen LogP contribution in [0.5, 0.6) is 0 Å². The number of rotatable bonds is 6. The predicted octanol–water partition coefficient (Wildman–Crippen LogP) is 2.41. The molecule has 2 atom stereocenters. The van der Waals surface area contributed by atoms with Gasteiger partial charge in [-0.25, -0.2) is 0 Å². The lowest BCUT2D eigenvalue weighted by atomic mass is 10.1. The first-order valence-electron chi connectivity index (χ1n) is 5.53. The Kier molecular flexibility index (Phi) is 5.37. The Hall–Kier alpha value is -0.860. The SMILES string of the molecule is C[C@@H](O)[C@@H](C)OCCCc1ccccc1. The molecule has 0 fully saturated rings. The first-order chi connectivity index (χ1) is 7.20. The summed E-state index contributed by atoms with van der Waals surface area (Å²) in [6, 6.07) is 10.4. The molecule has 1 N–H and O–H groups in total. The lowest BCUT2D eigenvalue weighted by Gasteiger charge is -2.15.